The van der Waals surface area contributed by atoms with Crippen LogP contribution in [0.4, 0.5) is 0 Å². The normalized spacial score (nSPS) is 40.2. The molecule has 0 spiro atoms. The van der Waals surface area contributed by atoms with E-state index < -0.39 is 0 Å². The van der Waals surface area contributed by atoms with Crippen molar-refractivity contribution in [2.75, 3.05) is 6.54 Å². The lowest BCUT2D eigenvalue weighted by Gasteiger charge is -2.39. The lowest BCUT2D eigenvalue weighted by atomic mass is 9.69. The van der Waals surface area contributed by atoms with E-state index in [1.165, 1.54) is 19.3 Å². The Morgan fingerprint density at radius 1 is 1.44 bits per heavy atom. The first-order valence-corrected chi connectivity index (χ1v) is 6.39. The maximum atomic E-state index is 10.7. The predicted octanol–water partition coefficient (Wildman–Crippen LogP) is 1.67. The zero-order valence-corrected chi connectivity index (χ0v) is 10.7. The average Bonchev–Trinajstić information content (AvgIpc) is 2.49. The Labute approximate surface area is 98.2 Å². The highest BCUT2D eigenvalue weighted by molar-refractivity contribution is 5.73. The third-order valence-corrected chi connectivity index (χ3v) is 5.56. The van der Waals surface area contributed by atoms with Crippen molar-refractivity contribution in [3.8, 4) is 0 Å². The van der Waals surface area contributed by atoms with Crippen molar-refractivity contribution in [1.82, 2.24) is 5.32 Å². The number of hydrogen-bond donors (Lipinski definition) is 2. The second-order valence-electron chi connectivity index (χ2n) is 6.33. The summed E-state index contributed by atoms with van der Waals surface area (Å²) in [6.45, 7) is 7.95. The van der Waals surface area contributed by atoms with E-state index in [1.807, 2.05) is 0 Å². The largest absolute Gasteiger partial charge is 0.370 e. The highest BCUT2D eigenvalue weighted by Gasteiger charge is 2.60. The van der Waals surface area contributed by atoms with Crippen molar-refractivity contribution in [2.24, 2.45) is 22.5 Å². The van der Waals surface area contributed by atoms with Crippen molar-refractivity contribution in [2.45, 2.75) is 52.5 Å². The minimum Gasteiger partial charge on any atom is -0.370 e. The Morgan fingerprint density at radius 2 is 2.12 bits per heavy atom. The number of carbonyl (C=O) groups is 1. The first-order chi connectivity index (χ1) is 7.38. The van der Waals surface area contributed by atoms with Gasteiger partial charge in [0.25, 0.3) is 0 Å². The fraction of sp³-hybridized carbons (Fsp3) is 0.923. The first kappa shape index (κ1) is 11.9. The van der Waals surface area contributed by atoms with Crippen LogP contribution >= 0.6 is 0 Å². The molecule has 1 amide bonds. The molecular weight excluding hydrogens is 200 g/mol. The fourth-order valence-corrected chi connectivity index (χ4v) is 3.88. The summed E-state index contributed by atoms with van der Waals surface area (Å²) in [5.41, 5.74) is 6.00. The van der Waals surface area contributed by atoms with Crippen molar-refractivity contribution in [1.29, 1.82) is 0 Å². The molecule has 0 aromatic rings. The smallest absolute Gasteiger partial charge is 0.218 e. The van der Waals surface area contributed by atoms with Gasteiger partial charge in [0.15, 0.2) is 0 Å². The molecule has 2 aliphatic carbocycles. The van der Waals surface area contributed by atoms with Crippen LogP contribution in [0.1, 0.15) is 46.5 Å². The Balaban J connectivity index is 1.96. The van der Waals surface area contributed by atoms with E-state index >= 15 is 0 Å². The number of nitrogens with one attached hydrogen (secondary N) is 1. The summed E-state index contributed by atoms with van der Waals surface area (Å²) in [5, 5.41) is 3.54. The summed E-state index contributed by atoms with van der Waals surface area (Å²) in [6.07, 6.45) is 4.41. The third kappa shape index (κ3) is 1.56. The second kappa shape index (κ2) is 3.73. The van der Waals surface area contributed by atoms with E-state index in [2.05, 4.69) is 26.1 Å². The summed E-state index contributed by atoms with van der Waals surface area (Å²) in [5.74, 6) is 0.642. The van der Waals surface area contributed by atoms with Crippen molar-refractivity contribution in [3.63, 3.8) is 0 Å². The summed E-state index contributed by atoms with van der Waals surface area (Å²) >= 11 is 0. The van der Waals surface area contributed by atoms with Crippen LogP contribution in [0.5, 0.6) is 0 Å². The number of fused-ring (bicyclic) bond motifs is 2. The summed E-state index contributed by atoms with van der Waals surface area (Å²) in [7, 11) is 0. The van der Waals surface area contributed by atoms with Crippen LogP contribution in [-0.4, -0.2) is 18.5 Å². The molecule has 2 saturated carbocycles. The molecule has 0 aliphatic heterocycles. The van der Waals surface area contributed by atoms with E-state index in [0.717, 1.165) is 12.5 Å². The van der Waals surface area contributed by atoms with E-state index in [-0.39, 0.29) is 5.91 Å². The summed E-state index contributed by atoms with van der Waals surface area (Å²) in [6, 6.07) is 0.570. The van der Waals surface area contributed by atoms with Crippen LogP contribution < -0.4 is 11.1 Å². The molecule has 3 atom stereocenters. The van der Waals surface area contributed by atoms with Gasteiger partial charge in [0, 0.05) is 19.0 Å². The van der Waals surface area contributed by atoms with E-state index in [1.54, 1.807) is 0 Å². The zero-order chi connectivity index (χ0) is 12.0. The predicted molar refractivity (Wildman–Crippen MR) is 64.8 cm³/mol. The molecule has 16 heavy (non-hydrogen) atoms. The molecular formula is C13H24N2O. The molecule has 0 aromatic carbocycles. The van der Waals surface area contributed by atoms with Crippen molar-refractivity contribution < 1.29 is 4.79 Å². The van der Waals surface area contributed by atoms with E-state index in [4.69, 9.17) is 5.73 Å². The topological polar surface area (TPSA) is 55.1 Å². The van der Waals surface area contributed by atoms with Gasteiger partial charge in [-0.2, -0.15) is 0 Å². The van der Waals surface area contributed by atoms with Crippen LogP contribution in [0.15, 0.2) is 0 Å². The van der Waals surface area contributed by atoms with Crippen LogP contribution in [0.3, 0.4) is 0 Å². The number of hydrogen-bond acceptors (Lipinski definition) is 2. The molecule has 3 N–H and O–H groups in total. The lowest BCUT2D eigenvalue weighted by molar-refractivity contribution is -0.118. The highest BCUT2D eigenvalue weighted by atomic mass is 16.1. The standard InChI is InChI=1S/C13H24N2O/c1-12(2)9-4-6-13(12,3)10(8-9)15-7-5-11(14)16/h9-10,15H,4-8H2,1-3H3,(H2,14,16). The van der Waals surface area contributed by atoms with Gasteiger partial charge in [0.2, 0.25) is 5.91 Å². The van der Waals surface area contributed by atoms with E-state index in [9.17, 15) is 4.79 Å². The molecule has 92 valence electrons. The van der Waals surface area contributed by atoms with Crippen molar-refractivity contribution in [3.05, 3.63) is 0 Å². The average molecular weight is 224 g/mol. The molecule has 2 bridgehead atoms. The second-order valence-corrected chi connectivity index (χ2v) is 6.33. The Hall–Kier alpha value is -0.570. The van der Waals surface area contributed by atoms with Gasteiger partial charge in [0.05, 0.1) is 0 Å². The summed E-state index contributed by atoms with van der Waals surface area (Å²) < 4.78 is 0. The minimum absolute atomic E-state index is 0.208. The molecule has 2 rings (SSSR count). The number of nitrogens with two attached hydrogens (primary N) is 1. The molecule has 2 fully saturated rings. The maximum absolute atomic E-state index is 10.7. The maximum Gasteiger partial charge on any atom is 0.218 e. The van der Waals surface area contributed by atoms with Gasteiger partial charge in [0.1, 0.15) is 0 Å². The van der Waals surface area contributed by atoms with Gasteiger partial charge >= 0.3 is 0 Å². The van der Waals surface area contributed by atoms with Gasteiger partial charge in [-0.1, -0.05) is 20.8 Å². The van der Waals surface area contributed by atoms with E-state index in [0.29, 0.717) is 23.3 Å². The highest BCUT2D eigenvalue weighted by Crippen LogP contribution is 2.65. The monoisotopic (exact) mass is 224 g/mol. The quantitative estimate of drug-likeness (QED) is 0.763. The number of carbonyl (C=O) groups excluding carboxylic acids is 1. The number of amides is 1. The van der Waals surface area contributed by atoms with Crippen LogP contribution in [0.25, 0.3) is 0 Å². The Kier molecular flexibility index (Phi) is 2.77. The van der Waals surface area contributed by atoms with Crippen molar-refractivity contribution >= 4 is 5.91 Å². The van der Waals surface area contributed by atoms with Gasteiger partial charge in [-0.15, -0.1) is 0 Å². The van der Waals surface area contributed by atoms with Crippen LogP contribution in [0, 0.1) is 16.7 Å². The number of rotatable bonds is 4. The van der Waals surface area contributed by atoms with Gasteiger partial charge < -0.3 is 11.1 Å². The SMILES string of the molecule is CC1(C)C2CCC1(C)C(NCCC(N)=O)C2. The molecule has 0 radical (unpaired) electrons. The lowest BCUT2D eigenvalue weighted by Crippen LogP contribution is -2.45. The molecule has 3 nitrogen and oxygen atoms in total. The molecule has 0 aromatic heterocycles. The fourth-order valence-electron chi connectivity index (χ4n) is 3.88. The zero-order valence-electron chi connectivity index (χ0n) is 10.7. The van der Waals surface area contributed by atoms with Gasteiger partial charge in [-0.3, -0.25) is 4.79 Å². The molecule has 3 heteroatoms. The minimum atomic E-state index is -0.208. The molecule has 0 heterocycles. The Morgan fingerprint density at radius 3 is 2.56 bits per heavy atom. The molecule has 3 unspecified atom stereocenters. The third-order valence-electron chi connectivity index (χ3n) is 5.56. The first-order valence-electron chi connectivity index (χ1n) is 6.39. The van der Waals surface area contributed by atoms with Crippen LogP contribution in [-0.2, 0) is 4.79 Å². The molecule has 2 aliphatic rings. The molecule has 0 saturated heterocycles. The number of primary amides is 1. The summed E-state index contributed by atoms with van der Waals surface area (Å²) in [4.78, 5) is 10.7. The van der Waals surface area contributed by atoms with Gasteiger partial charge in [-0.25, -0.2) is 0 Å². The Bertz CT molecular complexity index is 300. The van der Waals surface area contributed by atoms with Crippen LogP contribution in [0.2, 0.25) is 0 Å². The van der Waals surface area contributed by atoms with Gasteiger partial charge in [-0.05, 0) is 36.0 Å².